The number of alkyl halides is 3. The third kappa shape index (κ3) is 5.84. The first-order valence-corrected chi connectivity index (χ1v) is 9.65. The summed E-state index contributed by atoms with van der Waals surface area (Å²) in [6.45, 7) is -0.467. The summed E-state index contributed by atoms with van der Waals surface area (Å²) >= 11 is 5.90. The summed E-state index contributed by atoms with van der Waals surface area (Å²) in [6, 6.07) is 6.78. The number of methoxy groups -OCH3 is 1. The van der Waals surface area contributed by atoms with Gasteiger partial charge >= 0.3 is 12.1 Å². The molecule has 7 nitrogen and oxygen atoms in total. The smallest absolute Gasteiger partial charge is 0.416 e. The number of carbonyl (C=O) groups is 2. The summed E-state index contributed by atoms with van der Waals surface area (Å²) in [4.78, 5) is 22.8. The van der Waals surface area contributed by atoms with Crippen molar-refractivity contribution in [2.24, 2.45) is 0 Å². The standard InChI is InChI=1S/C17H14ClF3N2O5S/c1-28-15(24)9-22-16(25)13-8-12(5-6-14(13)18)29(26,27)23-11-4-2-3-10(7-11)17(19,20)21/h2-8,23H,9H2,1H3,(H,22,25). The lowest BCUT2D eigenvalue weighted by Gasteiger charge is -2.12. The number of rotatable bonds is 6. The monoisotopic (exact) mass is 450 g/mol. The fraction of sp³-hybridized carbons (Fsp3) is 0.176. The van der Waals surface area contributed by atoms with E-state index in [1.807, 2.05) is 4.72 Å². The average molecular weight is 451 g/mol. The van der Waals surface area contributed by atoms with Gasteiger partial charge in [0, 0.05) is 5.69 Å². The molecule has 0 aliphatic carbocycles. The van der Waals surface area contributed by atoms with E-state index in [9.17, 15) is 31.2 Å². The third-order valence-electron chi connectivity index (χ3n) is 3.56. The molecule has 1 amide bonds. The zero-order valence-corrected chi connectivity index (χ0v) is 16.3. The number of esters is 1. The van der Waals surface area contributed by atoms with E-state index in [1.54, 1.807) is 0 Å². The van der Waals surface area contributed by atoms with Crippen LogP contribution >= 0.6 is 11.6 Å². The molecular formula is C17H14ClF3N2O5S. The Labute approximate surface area is 168 Å². The molecular weight excluding hydrogens is 437 g/mol. The van der Waals surface area contributed by atoms with Crippen LogP contribution in [0.4, 0.5) is 18.9 Å². The van der Waals surface area contributed by atoms with Crippen LogP contribution < -0.4 is 10.0 Å². The molecule has 156 valence electrons. The van der Waals surface area contributed by atoms with Gasteiger partial charge in [0.2, 0.25) is 0 Å². The van der Waals surface area contributed by atoms with Gasteiger partial charge in [-0.05, 0) is 36.4 Å². The summed E-state index contributed by atoms with van der Waals surface area (Å²) in [5.74, 6) is -1.57. The van der Waals surface area contributed by atoms with Crippen molar-refractivity contribution in [2.45, 2.75) is 11.1 Å². The second kappa shape index (κ2) is 8.70. The van der Waals surface area contributed by atoms with Crippen LogP contribution in [0.5, 0.6) is 0 Å². The Balaban J connectivity index is 2.29. The van der Waals surface area contributed by atoms with E-state index in [2.05, 4.69) is 10.1 Å². The Morgan fingerprint density at radius 3 is 2.45 bits per heavy atom. The number of hydrogen-bond donors (Lipinski definition) is 2. The van der Waals surface area contributed by atoms with Crippen molar-refractivity contribution in [3.63, 3.8) is 0 Å². The molecule has 0 fully saturated rings. The number of halogens is 4. The number of benzene rings is 2. The maximum atomic E-state index is 12.8. The lowest BCUT2D eigenvalue weighted by Crippen LogP contribution is -2.30. The van der Waals surface area contributed by atoms with Gasteiger partial charge in [-0.3, -0.25) is 14.3 Å². The second-order valence-electron chi connectivity index (χ2n) is 5.58. The molecule has 12 heteroatoms. The zero-order chi connectivity index (χ0) is 21.8. The van der Waals surface area contributed by atoms with Gasteiger partial charge in [0.1, 0.15) is 6.54 Å². The van der Waals surface area contributed by atoms with E-state index < -0.39 is 45.1 Å². The van der Waals surface area contributed by atoms with Crippen molar-refractivity contribution >= 4 is 39.2 Å². The van der Waals surface area contributed by atoms with Gasteiger partial charge in [0.25, 0.3) is 15.9 Å². The van der Waals surface area contributed by atoms with E-state index in [-0.39, 0.29) is 16.3 Å². The highest BCUT2D eigenvalue weighted by Crippen LogP contribution is 2.31. The summed E-state index contributed by atoms with van der Waals surface area (Å²) in [5, 5.41) is 2.11. The van der Waals surface area contributed by atoms with E-state index in [0.717, 1.165) is 43.5 Å². The first kappa shape index (κ1) is 22.5. The molecule has 0 bridgehead atoms. The van der Waals surface area contributed by atoms with Gasteiger partial charge in [-0.2, -0.15) is 13.2 Å². The predicted octanol–water partition coefficient (Wildman–Crippen LogP) is 3.06. The van der Waals surface area contributed by atoms with Crippen molar-refractivity contribution in [3.8, 4) is 0 Å². The fourth-order valence-electron chi connectivity index (χ4n) is 2.14. The quantitative estimate of drug-likeness (QED) is 0.659. The van der Waals surface area contributed by atoms with Gasteiger partial charge in [0.15, 0.2) is 0 Å². The summed E-state index contributed by atoms with van der Waals surface area (Å²) in [5.41, 5.74) is -1.59. The van der Waals surface area contributed by atoms with E-state index in [1.165, 1.54) is 0 Å². The predicted molar refractivity (Wildman–Crippen MR) is 98.1 cm³/mol. The van der Waals surface area contributed by atoms with Crippen LogP contribution in [0.15, 0.2) is 47.4 Å². The number of nitrogens with one attached hydrogen (secondary N) is 2. The molecule has 2 aromatic carbocycles. The van der Waals surface area contributed by atoms with Crippen LogP contribution in [0.2, 0.25) is 5.02 Å². The molecule has 0 spiro atoms. The highest BCUT2D eigenvalue weighted by molar-refractivity contribution is 7.92. The Morgan fingerprint density at radius 1 is 1.14 bits per heavy atom. The normalized spacial score (nSPS) is 11.6. The number of amides is 1. The SMILES string of the molecule is COC(=O)CNC(=O)c1cc(S(=O)(=O)Nc2cccc(C(F)(F)F)c2)ccc1Cl. The zero-order valence-electron chi connectivity index (χ0n) is 14.7. The molecule has 0 heterocycles. The van der Waals surface area contributed by atoms with Crippen LogP contribution in [0.1, 0.15) is 15.9 Å². The molecule has 0 aromatic heterocycles. The van der Waals surface area contributed by atoms with Crippen LogP contribution in [-0.4, -0.2) is 33.9 Å². The largest absolute Gasteiger partial charge is 0.468 e. The minimum Gasteiger partial charge on any atom is -0.468 e. The number of hydrogen-bond acceptors (Lipinski definition) is 5. The second-order valence-corrected chi connectivity index (χ2v) is 7.67. The molecule has 0 saturated heterocycles. The number of anilines is 1. The maximum Gasteiger partial charge on any atom is 0.416 e. The summed E-state index contributed by atoms with van der Waals surface area (Å²) in [7, 11) is -3.21. The lowest BCUT2D eigenvalue weighted by molar-refractivity contribution is -0.139. The highest BCUT2D eigenvalue weighted by atomic mass is 35.5. The van der Waals surface area contributed by atoms with Crippen molar-refractivity contribution in [2.75, 3.05) is 18.4 Å². The Morgan fingerprint density at radius 2 is 1.83 bits per heavy atom. The highest BCUT2D eigenvalue weighted by Gasteiger charge is 2.30. The van der Waals surface area contributed by atoms with Gasteiger partial charge in [-0.25, -0.2) is 8.42 Å². The van der Waals surface area contributed by atoms with Gasteiger partial charge in [0.05, 0.1) is 28.2 Å². The molecule has 0 saturated carbocycles. The Hall–Kier alpha value is -2.79. The molecule has 2 N–H and O–H groups in total. The van der Waals surface area contributed by atoms with Crippen LogP contribution in [0, 0.1) is 0 Å². The first-order chi connectivity index (χ1) is 13.4. The van der Waals surface area contributed by atoms with E-state index in [4.69, 9.17) is 11.6 Å². The molecule has 0 aliphatic heterocycles. The van der Waals surface area contributed by atoms with Crippen LogP contribution in [-0.2, 0) is 25.7 Å². The Kier molecular flexibility index (Phi) is 6.75. The van der Waals surface area contributed by atoms with Crippen molar-refractivity contribution < 1.29 is 35.9 Å². The first-order valence-electron chi connectivity index (χ1n) is 7.78. The molecule has 0 unspecified atom stereocenters. The fourth-order valence-corrected chi connectivity index (χ4v) is 3.42. The minimum atomic E-state index is -4.65. The summed E-state index contributed by atoms with van der Waals surface area (Å²) in [6.07, 6.45) is -4.65. The van der Waals surface area contributed by atoms with Gasteiger partial charge in [-0.15, -0.1) is 0 Å². The third-order valence-corrected chi connectivity index (χ3v) is 5.26. The Bertz CT molecular complexity index is 1040. The van der Waals surface area contributed by atoms with Crippen molar-refractivity contribution in [1.82, 2.24) is 5.32 Å². The topological polar surface area (TPSA) is 102 Å². The van der Waals surface area contributed by atoms with Gasteiger partial charge in [-0.1, -0.05) is 17.7 Å². The number of ether oxygens (including phenoxy) is 1. The molecule has 0 atom stereocenters. The van der Waals surface area contributed by atoms with Crippen molar-refractivity contribution in [1.29, 1.82) is 0 Å². The average Bonchev–Trinajstić information content (AvgIpc) is 2.65. The van der Waals surface area contributed by atoms with Crippen molar-refractivity contribution in [3.05, 3.63) is 58.6 Å². The van der Waals surface area contributed by atoms with Gasteiger partial charge < -0.3 is 10.1 Å². The lowest BCUT2D eigenvalue weighted by atomic mass is 10.2. The number of carbonyl (C=O) groups excluding carboxylic acids is 2. The minimum absolute atomic E-state index is 0.0922. The maximum absolute atomic E-state index is 12.8. The molecule has 2 rings (SSSR count). The van der Waals surface area contributed by atoms with E-state index in [0.29, 0.717) is 6.07 Å². The van der Waals surface area contributed by atoms with Crippen LogP contribution in [0.3, 0.4) is 0 Å². The molecule has 29 heavy (non-hydrogen) atoms. The van der Waals surface area contributed by atoms with E-state index >= 15 is 0 Å². The van der Waals surface area contributed by atoms with Crippen LogP contribution in [0.25, 0.3) is 0 Å². The molecule has 0 aliphatic rings. The summed E-state index contributed by atoms with van der Waals surface area (Å²) < 4.78 is 69.8. The molecule has 2 aromatic rings. The molecule has 0 radical (unpaired) electrons. The number of sulfonamides is 1.